The SMILES string of the molecule is CC1CN(C(=O)c2ccc(-c3ccc4nccc(Nc5ccc6scnc6c5)c4c3)c(F)c2)CCN1C(=O)OC(C)(C)C. The Morgan fingerprint density at radius 1 is 1.00 bits per heavy atom. The van der Waals surface area contributed by atoms with Crippen molar-refractivity contribution in [3.8, 4) is 11.1 Å². The number of hydrogen-bond donors (Lipinski definition) is 1. The summed E-state index contributed by atoms with van der Waals surface area (Å²) in [7, 11) is 0. The highest BCUT2D eigenvalue weighted by Crippen LogP contribution is 2.32. The van der Waals surface area contributed by atoms with Crippen molar-refractivity contribution < 1.29 is 18.7 Å². The van der Waals surface area contributed by atoms with Crippen LogP contribution in [0, 0.1) is 5.82 Å². The van der Waals surface area contributed by atoms with Crippen molar-refractivity contribution >= 4 is 55.8 Å². The lowest BCUT2D eigenvalue weighted by Crippen LogP contribution is -2.56. The molecule has 0 aliphatic carbocycles. The second kappa shape index (κ2) is 11.3. The van der Waals surface area contributed by atoms with E-state index in [2.05, 4.69) is 15.3 Å². The maximum absolute atomic E-state index is 15.6. The van der Waals surface area contributed by atoms with Gasteiger partial charge in [-0.15, -0.1) is 11.3 Å². The summed E-state index contributed by atoms with van der Waals surface area (Å²) in [4.78, 5) is 38.0. The van der Waals surface area contributed by atoms with Gasteiger partial charge in [0.2, 0.25) is 0 Å². The molecule has 0 spiro atoms. The molecule has 5 aromatic rings. The molecule has 1 aliphatic rings. The summed E-state index contributed by atoms with van der Waals surface area (Å²) in [5.41, 5.74) is 5.99. The fourth-order valence-electron chi connectivity index (χ4n) is 5.31. The van der Waals surface area contributed by atoms with Crippen LogP contribution in [0.25, 0.3) is 32.2 Å². The van der Waals surface area contributed by atoms with E-state index in [1.807, 2.05) is 75.7 Å². The molecule has 220 valence electrons. The largest absolute Gasteiger partial charge is 0.444 e. The van der Waals surface area contributed by atoms with Gasteiger partial charge in [-0.05, 0) is 81.8 Å². The molecule has 43 heavy (non-hydrogen) atoms. The molecule has 6 rings (SSSR count). The van der Waals surface area contributed by atoms with Gasteiger partial charge in [0.25, 0.3) is 5.91 Å². The first kappa shape index (κ1) is 28.5. The number of aromatic nitrogens is 2. The van der Waals surface area contributed by atoms with E-state index in [9.17, 15) is 9.59 Å². The van der Waals surface area contributed by atoms with Crippen molar-refractivity contribution in [2.45, 2.75) is 39.3 Å². The molecule has 1 atom stereocenters. The first-order valence-corrected chi connectivity index (χ1v) is 15.0. The van der Waals surface area contributed by atoms with E-state index in [0.717, 1.165) is 32.5 Å². The molecule has 10 heteroatoms. The van der Waals surface area contributed by atoms with E-state index in [4.69, 9.17) is 4.74 Å². The number of benzene rings is 3. The molecule has 0 saturated carbocycles. The van der Waals surface area contributed by atoms with E-state index >= 15 is 4.39 Å². The number of rotatable bonds is 4. The first-order chi connectivity index (χ1) is 20.6. The number of pyridine rings is 1. The van der Waals surface area contributed by atoms with Gasteiger partial charge in [0.15, 0.2) is 0 Å². The lowest BCUT2D eigenvalue weighted by Gasteiger charge is -2.40. The quantitative estimate of drug-likeness (QED) is 0.231. The zero-order chi connectivity index (χ0) is 30.3. The van der Waals surface area contributed by atoms with Gasteiger partial charge in [0, 0.05) is 59.8 Å². The average molecular weight is 598 g/mol. The van der Waals surface area contributed by atoms with Gasteiger partial charge in [0.05, 0.1) is 21.2 Å². The predicted molar refractivity (Wildman–Crippen MR) is 168 cm³/mol. The number of anilines is 2. The molecule has 0 bridgehead atoms. The number of ether oxygens (including phenoxy) is 1. The summed E-state index contributed by atoms with van der Waals surface area (Å²) in [6.07, 6.45) is 1.34. The van der Waals surface area contributed by atoms with Crippen molar-refractivity contribution in [2.24, 2.45) is 0 Å². The van der Waals surface area contributed by atoms with Gasteiger partial charge in [-0.2, -0.15) is 0 Å². The third-order valence-electron chi connectivity index (χ3n) is 7.42. The van der Waals surface area contributed by atoms with E-state index in [0.29, 0.717) is 30.8 Å². The monoisotopic (exact) mass is 597 g/mol. The number of amides is 2. The topological polar surface area (TPSA) is 87.7 Å². The fourth-order valence-corrected chi connectivity index (χ4v) is 5.97. The smallest absolute Gasteiger partial charge is 0.410 e. The van der Waals surface area contributed by atoms with Gasteiger partial charge >= 0.3 is 6.09 Å². The molecular formula is C33H32FN5O3S. The lowest BCUT2D eigenvalue weighted by molar-refractivity contribution is 0.00198. The van der Waals surface area contributed by atoms with Crippen LogP contribution >= 0.6 is 11.3 Å². The van der Waals surface area contributed by atoms with Crippen molar-refractivity contribution in [1.29, 1.82) is 0 Å². The Hall–Kier alpha value is -4.57. The van der Waals surface area contributed by atoms with Crippen LogP contribution in [-0.4, -0.2) is 63.0 Å². The molecule has 8 nitrogen and oxygen atoms in total. The zero-order valence-corrected chi connectivity index (χ0v) is 25.2. The Balaban J connectivity index is 1.21. The van der Waals surface area contributed by atoms with E-state index in [-0.39, 0.29) is 17.5 Å². The summed E-state index contributed by atoms with van der Waals surface area (Å²) in [5, 5.41) is 4.30. The third kappa shape index (κ3) is 6.01. The lowest BCUT2D eigenvalue weighted by atomic mass is 10.00. The van der Waals surface area contributed by atoms with Crippen LogP contribution in [0.5, 0.6) is 0 Å². The third-order valence-corrected chi connectivity index (χ3v) is 8.23. The number of piperazine rings is 1. The maximum Gasteiger partial charge on any atom is 0.410 e. The highest BCUT2D eigenvalue weighted by atomic mass is 32.1. The van der Waals surface area contributed by atoms with Gasteiger partial charge < -0.3 is 19.9 Å². The van der Waals surface area contributed by atoms with Crippen LogP contribution in [0.2, 0.25) is 0 Å². The second-order valence-electron chi connectivity index (χ2n) is 11.7. The number of halogens is 1. The molecule has 1 aliphatic heterocycles. The molecule has 1 N–H and O–H groups in total. The molecule has 0 radical (unpaired) electrons. The molecular weight excluding hydrogens is 565 g/mol. The van der Waals surface area contributed by atoms with Gasteiger partial charge in [-0.1, -0.05) is 12.1 Å². The van der Waals surface area contributed by atoms with Crippen molar-refractivity contribution in [3.63, 3.8) is 0 Å². The minimum absolute atomic E-state index is 0.228. The molecule has 1 fully saturated rings. The zero-order valence-electron chi connectivity index (χ0n) is 24.4. The fraction of sp³-hybridized carbons (Fsp3) is 0.273. The average Bonchev–Trinajstić information content (AvgIpc) is 3.44. The van der Waals surface area contributed by atoms with Gasteiger partial charge in [0.1, 0.15) is 11.4 Å². The number of nitrogens with zero attached hydrogens (tertiary/aromatic N) is 4. The van der Waals surface area contributed by atoms with Crippen LogP contribution in [0.3, 0.4) is 0 Å². The van der Waals surface area contributed by atoms with Crippen LogP contribution < -0.4 is 5.32 Å². The standard InChI is InChI=1S/C33H32FN5O3S/c1-20-18-38(13-14-39(20)32(41)42-33(2,3)4)31(40)22-5-8-24(26(34)16-22)21-6-9-27-25(15-21)28(11-12-35-27)37-23-7-10-30-29(17-23)36-19-43-30/h5-12,15-17,19-20H,13-14,18H2,1-4H3,(H,35,37). The van der Waals surface area contributed by atoms with Crippen LogP contribution in [-0.2, 0) is 4.74 Å². The summed E-state index contributed by atoms with van der Waals surface area (Å²) < 4.78 is 22.2. The Kier molecular flexibility index (Phi) is 7.47. The number of fused-ring (bicyclic) bond motifs is 2. The Labute approximate surface area is 253 Å². The first-order valence-electron chi connectivity index (χ1n) is 14.1. The number of hydrogen-bond acceptors (Lipinski definition) is 7. The summed E-state index contributed by atoms with van der Waals surface area (Å²) in [5.74, 6) is -0.759. The van der Waals surface area contributed by atoms with E-state index in [1.165, 1.54) is 6.07 Å². The number of thiazole rings is 1. The molecule has 3 heterocycles. The van der Waals surface area contributed by atoms with Gasteiger partial charge in [-0.3, -0.25) is 9.78 Å². The van der Waals surface area contributed by atoms with Crippen LogP contribution in [0.4, 0.5) is 20.6 Å². The van der Waals surface area contributed by atoms with Crippen molar-refractivity contribution in [2.75, 3.05) is 25.0 Å². The molecule has 2 amide bonds. The minimum Gasteiger partial charge on any atom is -0.444 e. The molecule has 1 saturated heterocycles. The minimum atomic E-state index is -0.598. The van der Waals surface area contributed by atoms with Crippen molar-refractivity contribution in [1.82, 2.24) is 19.8 Å². The van der Waals surface area contributed by atoms with Crippen LogP contribution in [0.1, 0.15) is 38.1 Å². The summed E-state index contributed by atoms with van der Waals surface area (Å²) in [6.45, 7) is 8.37. The Bertz CT molecular complexity index is 1850. The van der Waals surface area contributed by atoms with E-state index < -0.39 is 17.5 Å². The predicted octanol–water partition coefficient (Wildman–Crippen LogP) is 7.48. The molecule has 1 unspecified atom stereocenters. The maximum atomic E-state index is 15.6. The normalized spacial score (nSPS) is 15.6. The second-order valence-corrected chi connectivity index (χ2v) is 12.6. The summed E-state index contributed by atoms with van der Waals surface area (Å²) >= 11 is 1.59. The van der Waals surface area contributed by atoms with Gasteiger partial charge in [-0.25, -0.2) is 14.2 Å². The molecule has 2 aromatic heterocycles. The van der Waals surface area contributed by atoms with Crippen molar-refractivity contribution in [3.05, 3.63) is 83.8 Å². The highest BCUT2D eigenvalue weighted by Gasteiger charge is 2.33. The Morgan fingerprint density at radius 3 is 2.60 bits per heavy atom. The molecule has 3 aromatic carbocycles. The number of nitrogens with one attached hydrogen (secondary N) is 1. The van der Waals surface area contributed by atoms with Crippen LogP contribution in [0.15, 0.2) is 72.4 Å². The van der Waals surface area contributed by atoms with E-state index in [1.54, 1.807) is 39.5 Å². The number of carbonyl (C=O) groups is 2. The Morgan fingerprint density at radius 2 is 1.84 bits per heavy atom. The number of carbonyl (C=O) groups excluding carboxylic acids is 2. The highest BCUT2D eigenvalue weighted by molar-refractivity contribution is 7.16. The summed E-state index contributed by atoms with van der Waals surface area (Å²) in [6, 6.07) is 17.9.